The van der Waals surface area contributed by atoms with Gasteiger partial charge in [0.05, 0.1) is 11.7 Å². The molecule has 0 bridgehead atoms. The Kier molecular flexibility index (Phi) is 5.18. The molecular weight excluding hydrogens is 380 g/mol. The molecular formula is C24H28N2O4. The molecule has 2 unspecified atom stereocenters. The van der Waals surface area contributed by atoms with Gasteiger partial charge in [0.1, 0.15) is 11.4 Å². The summed E-state index contributed by atoms with van der Waals surface area (Å²) in [6, 6.07) is 13.8. The van der Waals surface area contributed by atoms with Crippen LogP contribution in [-0.4, -0.2) is 23.7 Å². The van der Waals surface area contributed by atoms with E-state index in [1.807, 2.05) is 51.1 Å². The number of amides is 2. The van der Waals surface area contributed by atoms with Crippen LogP contribution < -0.4 is 15.4 Å². The summed E-state index contributed by atoms with van der Waals surface area (Å²) in [6.07, 6.45) is 0.764. The predicted molar refractivity (Wildman–Crippen MR) is 115 cm³/mol. The van der Waals surface area contributed by atoms with Gasteiger partial charge >= 0.3 is 6.09 Å². The van der Waals surface area contributed by atoms with Gasteiger partial charge in [-0.05, 0) is 75.3 Å². The summed E-state index contributed by atoms with van der Waals surface area (Å²) >= 11 is 0. The van der Waals surface area contributed by atoms with Crippen molar-refractivity contribution in [2.24, 2.45) is 5.92 Å². The number of alkyl carbamates (subject to hydrolysis) is 1. The monoisotopic (exact) mass is 408 g/mol. The van der Waals surface area contributed by atoms with Crippen molar-refractivity contribution in [1.82, 2.24) is 5.32 Å². The Hall–Kier alpha value is -3.02. The smallest absolute Gasteiger partial charge is 0.408 e. The van der Waals surface area contributed by atoms with E-state index in [4.69, 9.17) is 9.47 Å². The second-order valence-electron chi connectivity index (χ2n) is 9.07. The van der Waals surface area contributed by atoms with Gasteiger partial charge in [0.2, 0.25) is 0 Å². The minimum Gasteiger partial charge on any atom is -0.479 e. The van der Waals surface area contributed by atoms with Crippen LogP contribution in [0.4, 0.5) is 10.5 Å². The van der Waals surface area contributed by atoms with E-state index in [-0.39, 0.29) is 17.9 Å². The van der Waals surface area contributed by atoms with E-state index in [9.17, 15) is 9.59 Å². The molecule has 1 heterocycles. The van der Waals surface area contributed by atoms with Gasteiger partial charge in [-0.2, -0.15) is 0 Å². The van der Waals surface area contributed by atoms with Gasteiger partial charge in [0.25, 0.3) is 5.91 Å². The lowest BCUT2D eigenvalue weighted by atomic mass is 9.90. The lowest BCUT2D eigenvalue weighted by molar-refractivity contribution is -0.122. The van der Waals surface area contributed by atoms with Crippen LogP contribution in [0, 0.1) is 5.92 Å². The van der Waals surface area contributed by atoms with Crippen molar-refractivity contribution < 1.29 is 19.1 Å². The lowest BCUT2D eigenvalue weighted by Crippen LogP contribution is -2.38. The molecule has 6 heteroatoms. The Morgan fingerprint density at radius 1 is 1.17 bits per heavy atom. The van der Waals surface area contributed by atoms with Crippen LogP contribution >= 0.6 is 0 Å². The molecule has 4 rings (SSSR count). The molecule has 0 spiro atoms. The Labute approximate surface area is 177 Å². The van der Waals surface area contributed by atoms with Crippen LogP contribution in [0.2, 0.25) is 0 Å². The number of benzene rings is 2. The highest BCUT2D eigenvalue weighted by molar-refractivity contribution is 5.97. The molecule has 2 atom stereocenters. The maximum absolute atomic E-state index is 12.6. The predicted octanol–water partition coefficient (Wildman–Crippen LogP) is 4.39. The Balaban J connectivity index is 1.63. The molecule has 2 aliphatic rings. The largest absolute Gasteiger partial charge is 0.479 e. The summed E-state index contributed by atoms with van der Waals surface area (Å²) in [4.78, 5) is 24.7. The summed E-state index contributed by atoms with van der Waals surface area (Å²) in [5.74, 6) is 0.647. The first-order chi connectivity index (χ1) is 14.2. The lowest BCUT2D eigenvalue weighted by Gasteiger charge is -2.29. The third-order valence-electron chi connectivity index (χ3n) is 5.52. The third kappa shape index (κ3) is 4.27. The maximum atomic E-state index is 12.6. The molecule has 2 aromatic rings. The van der Waals surface area contributed by atoms with Crippen LogP contribution in [0.1, 0.15) is 50.4 Å². The quantitative estimate of drug-likeness (QED) is 0.790. The van der Waals surface area contributed by atoms with Crippen molar-refractivity contribution in [3.05, 3.63) is 59.2 Å². The van der Waals surface area contributed by atoms with Crippen molar-refractivity contribution in [3.63, 3.8) is 0 Å². The normalized spacial score (nSPS) is 19.2. The Morgan fingerprint density at radius 3 is 2.47 bits per heavy atom. The molecule has 2 N–H and O–H groups in total. The number of nitrogens with one attached hydrogen (secondary N) is 2. The van der Waals surface area contributed by atoms with Crippen LogP contribution in [-0.2, 0) is 22.4 Å². The van der Waals surface area contributed by atoms with Gasteiger partial charge in [-0.25, -0.2) is 4.79 Å². The summed E-state index contributed by atoms with van der Waals surface area (Å²) < 4.78 is 11.2. The first-order valence-electron chi connectivity index (χ1n) is 10.4. The first kappa shape index (κ1) is 20.3. The highest BCUT2D eigenvalue weighted by Gasteiger charge is 2.33. The van der Waals surface area contributed by atoms with Crippen molar-refractivity contribution in [1.29, 1.82) is 0 Å². The summed E-state index contributed by atoms with van der Waals surface area (Å²) in [5.41, 5.74) is 3.57. The second kappa shape index (κ2) is 7.67. The average Bonchev–Trinajstić information content (AvgIpc) is 3.09. The molecule has 0 fully saturated rings. The number of fused-ring (bicyclic) bond motifs is 2. The van der Waals surface area contributed by atoms with Gasteiger partial charge in [0.15, 0.2) is 6.10 Å². The van der Waals surface area contributed by atoms with Crippen molar-refractivity contribution in [2.75, 3.05) is 5.32 Å². The van der Waals surface area contributed by atoms with Crippen LogP contribution in [0.3, 0.4) is 0 Å². The van der Waals surface area contributed by atoms with Gasteiger partial charge in [0, 0.05) is 0 Å². The third-order valence-corrected chi connectivity index (χ3v) is 5.52. The topological polar surface area (TPSA) is 76.7 Å². The molecule has 2 amide bonds. The fraction of sp³-hybridized carbons (Fsp3) is 0.417. The van der Waals surface area contributed by atoms with E-state index < -0.39 is 17.8 Å². The minimum atomic E-state index is -0.582. The Morgan fingerprint density at radius 2 is 1.83 bits per heavy atom. The SMILES string of the molecule is CC1Oc2ccc(C(NC(=O)OC(C)(C)C)C3Cc4ccccc4C3)cc2NC1=O. The number of hydrogen-bond donors (Lipinski definition) is 2. The molecule has 0 radical (unpaired) electrons. The molecule has 1 aliphatic carbocycles. The molecule has 0 aromatic heterocycles. The van der Waals surface area contributed by atoms with Crippen LogP contribution in [0.15, 0.2) is 42.5 Å². The number of carbonyl (C=O) groups excluding carboxylic acids is 2. The number of rotatable bonds is 3. The van der Waals surface area contributed by atoms with Gasteiger partial charge < -0.3 is 20.1 Å². The van der Waals surface area contributed by atoms with Crippen LogP contribution in [0.5, 0.6) is 5.75 Å². The molecule has 6 nitrogen and oxygen atoms in total. The summed E-state index contributed by atoms with van der Waals surface area (Å²) in [5, 5.41) is 5.98. The molecule has 1 aliphatic heterocycles. The molecule has 158 valence electrons. The first-order valence-corrected chi connectivity index (χ1v) is 10.4. The maximum Gasteiger partial charge on any atom is 0.408 e. The minimum absolute atomic E-state index is 0.176. The summed E-state index contributed by atoms with van der Waals surface area (Å²) in [6.45, 7) is 7.26. The fourth-order valence-corrected chi connectivity index (χ4v) is 4.16. The number of carbonyl (C=O) groups is 2. The number of anilines is 1. The molecule has 30 heavy (non-hydrogen) atoms. The van der Waals surface area contributed by atoms with Gasteiger partial charge in [-0.1, -0.05) is 30.3 Å². The van der Waals surface area contributed by atoms with Crippen molar-refractivity contribution >= 4 is 17.7 Å². The Bertz CT molecular complexity index is 954. The number of ether oxygens (including phenoxy) is 2. The molecule has 2 aromatic carbocycles. The standard InChI is InChI=1S/C24H28N2O4/c1-14-22(27)25-19-13-17(9-10-20(19)29-14)21(26-23(28)30-24(2,3)4)18-11-15-7-5-6-8-16(15)12-18/h5-10,13-14,18,21H,11-12H2,1-4H3,(H,25,27)(H,26,28). The zero-order valence-corrected chi connectivity index (χ0v) is 17.8. The van der Waals surface area contributed by atoms with Gasteiger partial charge in [-0.3, -0.25) is 4.79 Å². The van der Waals surface area contributed by atoms with Gasteiger partial charge in [-0.15, -0.1) is 0 Å². The highest BCUT2D eigenvalue weighted by Crippen LogP contribution is 2.39. The van der Waals surface area contributed by atoms with Crippen LogP contribution in [0.25, 0.3) is 0 Å². The van der Waals surface area contributed by atoms with E-state index in [1.54, 1.807) is 6.92 Å². The van der Waals surface area contributed by atoms with E-state index in [2.05, 4.69) is 22.8 Å². The second-order valence-corrected chi connectivity index (χ2v) is 9.07. The van der Waals surface area contributed by atoms with E-state index in [0.717, 1.165) is 18.4 Å². The van der Waals surface area contributed by atoms with Crippen molar-refractivity contribution in [2.45, 2.75) is 58.3 Å². The zero-order chi connectivity index (χ0) is 21.5. The summed E-state index contributed by atoms with van der Waals surface area (Å²) in [7, 11) is 0. The highest BCUT2D eigenvalue weighted by atomic mass is 16.6. The van der Waals surface area contributed by atoms with E-state index in [1.165, 1.54) is 11.1 Å². The van der Waals surface area contributed by atoms with Crippen molar-refractivity contribution in [3.8, 4) is 5.75 Å². The van der Waals surface area contributed by atoms with E-state index in [0.29, 0.717) is 11.4 Å². The average molecular weight is 408 g/mol. The zero-order valence-electron chi connectivity index (χ0n) is 17.8. The number of hydrogen-bond acceptors (Lipinski definition) is 4. The molecule has 0 saturated carbocycles. The fourth-order valence-electron chi connectivity index (χ4n) is 4.16. The molecule has 0 saturated heterocycles. The van der Waals surface area contributed by atoms with E-state index >= 15 is 0 Å².